The highest BCUT2D eigenvalue weighted by Gasteiger charge is 2.13. The van der Waals surface area contributed by atoms with Crippen LogP contribution >= 0.6 is 22.7 Å². The van der Waals surface area contributed by atoms with Crippen LogP contribution in [0.5, 0.6) is 0 Å². The number of hydrogen-bond donors (Lipinski definition) is 0. The van der Waals surface area contributed by atoms with Gasteiger partial charge in [-0.15, -0.1) is 22.7 Å². The smallest absolute Gasteiger partial charge is 0.136 e. The van der Waals surface area contributed by atoms with Gasteiger partial charge in [0.15, 0.2) is 0 Å². The highest BCUT2D eigenvalue weighted by atomic mass is 32.1. The van der Waals surface area contributed by atoms with Crippen molar-refractivity contribution in [2.24, 2.45) is 0 Å². The highest BCUT2D eigenvalue weighted by Crippen LogP contribution is 2.41. The van der Waals surface area contributed by atoms with E-state index in [1.54, 1.807) is 0 Å². The summed E-state index contributed by atoms with van der Waals surface area (Å²) in [5, 5.41) is 5.49. The molecule has 0 saturated carbocycles. The van der Waals surface area contributed by atoms with Gasteiger partial charge in [-0.3, -0.25) is 0 Å². The molecule has 0 aliphatic carbocycles. The van der Waals surface area contributed by atoms with Gasteiger partial charge >= 0.3 is 0 Å². The van der Waals surface area contributed by atoms with Crippen LogP contribution in [0.4, 0.5) is 0 Å². The van der Waals surface area contributed by atoms with E-state index in [0.717, 1.165) is 0 Å². The summed E-state index contributed by atoms with van der Waals surface area (Å²) in [5.41, 5.74) is 4.00. The van der Waals surface area contributed by atoms with E-state index in [1.807, 2.05) is 22.7 Å². The number of benzene rings is 4. The molecule has 0 radical (unpaired) electrons. The fourth-order valence-electron chi connectivity index (χ4n) is 4.09. The second-order valence-electron chi connectivity index (χ2n) is 7.04. The molecule has 0 saturated heterocycles. The predicted molar refractivity (Wildman–Crippen MR) is 126 cm³/mol. The Hall–Kier alpha value is -2.62. The molecule has 2 heterocycles. The molecule has 0 fully saturated rings. The van der Waals surface area contributed by atoms with Gasteiger partial charge in [0.2, 0.25) is 0 Å². The summed E-state index contributed by atoms with van der Waals surface area (Å²) in [7, 11) is 2.22. The Labute approximate surface area is 166 Å². The molecular weight excluding hydrogens is 363 g/mol. The molecule has 126 valence electrons. The van der Waals surface area contributed by atoms with Crippen LogP contribution in [0.15, 0.2) is 78.9 Å². The van der Waals surface area contributed by atoms with Gasteiger partial charge in [-0.2, -0.15) is 0 Å². The van der Waals surface area contributed by atoms with Crippen LogP contribution in [0.1, 0.15) is 0 Å². The van der Waals surface area contributed by atoms with Crippen molar-refractivity contribution in [1.29, 1.82) is 0 Å². The van der Waals surface area contributed by atoms with Crippen LogP contribution in [0.2, 0.25) is 0 Å². The third-order valence-electron chi connectivity index (χ3n) is 5.41. The zero-order chi connectivity index (χ0) is 18.0. The molecule has 0 aliphatic rings. The summed E-state index contributed by atoms with van der Waals surface area (Å²) in [6.07, 6.45) is 0. The Morgan fingerprint density at radius 1 is 0.593 bits per heavy atom. The van der Waals surface area contributed by atoms with Gasteiger partial charge < -0.3 is 0 Å². The topological polar surface area (TPSA) is 0 Å². The van der Waals surface area contributed by atoms with Gasteiger partial charge in [0, 0.05) is 40.3 Å². The van der Waals surface area contributed by atoms with Crippen molar-refractivity contribution >= 4 is 76.3 Å². The third-order valence-corrected chi connectivity index (χ3v) is 7.87. The number of fused-ring (bicyclic) bond motifs is 6. The Morgan fingerprint density at radius 3 is 2.15 bits per heavy atom. The summed E-state index contributed by atoms with van der Waals surface area (Å²) in [6.45, 7) is 0. The van der Waals surface area contributed by atoms with E-state index in [-0.39, 0.29) is 0 Å². The van der Waals surface area contributed by atoms with E-state index in [0.29, 0.717) is 0 Å². The first kappa shape index (κ1) is 15.4. The maximum absolute atomic E-state index is 2.38. The van der Waals surface area contributed by atoms with Gasteiger partial charge in [0.05, 0.1) is 0 Å². The van der Waals surface area contributed by atoms with E-state index < -0.39 is 0 Å². The minimum Gasteiger partial charge on any atom is -0.136 e. The Kier molecular flexibility index (Phi) is 3.25. The fourth-order valence-corrected chi connectivity index (χ4v) is 6.38. The van der Waals surface area contributed by atoms with E-state index >= 15 is 0 Å². The normalized spacial score (nSPS) is 11.9. The first-order chi connectivity index (χ1) is 13.3. The zero-order valence-corrected chi connectivity index (χ0v) is 16.5. The molecular formula is C24H15BS2. The Bertz CT molecular complexity index is 1490. The quantitative estimate of drug-likeness (QED) is 0.293. The van der Waals surface area contributed by atoms with Gasteiger partial charge in [-0.25, -0.2) is 0 Å². The molecule has 0 atom stereocenters. The van der Waals surface area contributed by atoms with E-state index in [1.165, 1.54) is 56.9 Å². The molecule has 0 bridgehead atoms. The zero-order valence-electron chi connectivity index (χ0n) is 14.8. The molecule has 0 nitrogen and oxygen atoms in total. The van der Waals surface area contributed by atoms with Crippen molar-refractivity contribution in [3.05, 3.63) is 78.9 Å². The monoisotopic (exact) mass is 378 g/mol. The SMILES string of the molecule is Bc1ccc(-c2ccc3sc4ccccc4c3c2)c2c1sc1ccccc12. The summed E-state index contributed by atoms with van der Waals surface area (Å²) >= 11 is 3.78. The predicted octanol–water partition coefficient (Wildman–Crippen LogP) is 6.35. The lowest BCUT2D eigenvalue weighted by atomic mass is 9.89. The summed E-state index contributed by atoms with van der Waals surface area (Å²) in [4.78, 5) is 0. The van der Waals surface area contributed by atoms with Crippen LogP contribution in [-0.2, 0) is 0 Å². The third kappa shape index (κ3) is 2.22. The summed E-state index contributed by atoms with van der Waals surface area (Å²) in [5.74, 6) is 0. The molecule has 3 heteroatoms. The van der Waals surface area contributed by atoms with Crippen molar-refractivity contribution in [3.63, 3.8) is 0 Å². The van der Waals surface area contributed by atoms with E-state index in [9.17, 15) is 0 Å². The number of rotatable bonds is 1. The molecule has 0 spiro atoms. The molecule has 2 aromatic heterocycles. The molecule has 0 amide bonds. The van der Waals surface area contributed by atoms with E-state index in [2.05, 4.69) is 86.7 Å². The van der Waals surface area contributed by atoms with Gasteiger partial charge in [-0.1, -0.05) is 60.1 Å². The number of thiophene rings is 2. The average molecular weight is 378 g/mol. The number of hydrogen-bond acceptors (Lipinski definition) is 2. The lowest BCUT2D eigenvalue weighted by Crippen LogP contribution is -2.01. The van der Waals surface area contributed by atoms with E-state index in [4.69, 9.17) is 0 Å². The van der Waals surface area contributed by atoms with Crippen molar-refractivity contribution in [1.82, 2.24) is 0 Å². The maximum Gasteiger partial charge on any atom is 0.141 e. The first-order valence-electron chi connectivity index (χ1n) is 9.12. The molecule has 27 heavy (non-hydrogen) atoms. The second kappa shape index (κ2) is 5.69. The average Bonchev–Trinajstić information content (AvgIpc) is 3.27. The first-order valence-corrected chi connectivity index (χ1v) is 10.8. The molecule has 6 rings (SSSR count). The highest BCUT2D eigenvalue weighted by molar-refractivity contribution is 7.27. The molecule has 4 aromatic carbocycles. The molecule has 0 unspecified atom stereocenters. The fraction of sp³-hybridized carbons (Fsp3) is 0. The lowest BCUT2D eigenvalue weighted by Gasteiger charge is -2.07. The van der Waals surface area contributed by atoms with Crippen molar-refractivity contribution in [2.45, 2.75) is 0 Å². The van der Waals surface area contributed by atoms with Crippen molar-refractivity contribution < 1.29 is 0 Å². The van der Waals surface area contributed by atoms with Crippen molar-refractivity contribution in [2.75, 3.05) is 0 Å². The van der Waals surface area contributed by atoms with Crippen LogP contribution < -0.4 is 5.46 Å². The lowest BCUT2D eigenvalue weighted by molar-refractivity contribution is 1.75. The van der Waals surface area contributed by atoms with Crippen LogP contribution in [0.25, 0.3) is 51.5 Å². The minimum atomic E-state index is 1.31. The molecule has 0 N–H and O–H groups in total. The Balaban J connectivity index is 1.72. The van der Waals surface area contributed by atoms with Gasteiger partial charge in [-0.05, 0) is 35.4 Å². The largest absolute Gasteiger partial charge is 0.141 e. The van der Waals surface area contributed by atoms with Crippen LogP contribution in [-0.4, -0.2) is 7.85 Å². The summed E-state index contributed by atoms with van der Waals surface area (Å²) < 4.78 is 5.49. The molecule has 0 aliphatic heterocycles. The van der Waals surface area contributed by atoms with Gasteiger partial charge in [0.25, 0.3) is 0 Å². The van der Waals surface area contributed by atoms with Gasteiger partial charge in [0.1, 0.15) is 7.85 Å². The second-order valence-corrected chi connectivity index (χ2v) is 9.18. The van der Waals surface area contributed by atoms with Crippen LogP contribution in [0.3, 0.4) is 0 Å². The Morgan fingerprint density at radius 2 is 1.30 bits per heavy atom. The maximum atomic E-state index is 2.38. The molecule has 6 aromatic rings. The van der Waals surface area contributed by atoms with Crippen LogP contribution in [0, 0.1) is 0 Å². The van der Waals surface area contributed by atoms with Crippen molar-refractivity contribution in [3.8, 4) is 11.1 Å². The standard InChI is InChI=1S/C24H15BS2/c25-19-11-10-15(23-17-6-2-4-8-21(17)27-24(19)23)14-9-12-22-18(13-14)16-5-1-3-7-20(16)26-22/h1-13H,25H2. The minimum absolute atomic E-state index is 1.31. The summed E-state index contributed by atoms with van der Waals surface area (Å²) in [6, 6.07) is 29.0.